The van der Waals surface area contributed by atoms with Crippen molar-refractivity contribution >= 4 is 11.9 Å². The molecule has 196 valence electrons. The molecule has 1 aliphatic carbocycles. The highest BCUT2D eigenvalue weighted by Crippen LogP contribution is 2.42. The summed E-state index contributed by atoms with van der Waals surface area (Å²) >= 11 is 0. The minimum atomic E-state index is -4.57. The first-order valence-corrected chi connectivity index (χ1v) is 12.9. The molecule has 37 heavy (non-hydrogen) atoms. The Bertz CT molecular complexity index is 1410. The molecule has 0 radical (unpaired) electrons. The van der Waals surface area contributed by atoms with Gasteiger partial charge in [0.25, 0.3) is 0 Å². The van der Waals surface area contributed by atoms with E-state index in [2.05, 4.69) is 22.4 Å². The van der Waals surface area contributed by atoms with Crippen molar-refractivity contribution in [1.29, 1.82) is 0 Å². The number of nitrogens with one attached hydrogen (secondary N) is 1. The Kier molecular flexibility index (Phi) is 5.82. The molecule has 6 rings (SSSR count). The summed E-state index contributed by atoms with van der Waals surface area (Å²) in [5, 5.41) is 4.22. The maximum atomic E-state index is 14.1. The van der Waals surface area contributed by atoms with E-state index in [1.807, 2.05) is 30.1 Å². The third-order valence-electron chi connectivity index (χ3n) is 8.39. The zero-order valence-electron chi connectivity index (χ0n) is 20.9. The number of nitrogens with zero attached hydrogens (tertiary/aromatic N) is 5. The number of hydrogen-bond donors (Lipinski definition) is 1. The Morgan fingerprint density at radius 1 is 1.16 bits per heavy atom. The van der Waals surface area contributed by atoms with E-state index in [0.29, 0.717) is 29.8 Å². The Balaban J connectivity index is 1.42. The lowest BCUT2D eigenvalue weighted by Crippen LogP contribution is -2.44. The van der Waals surface area contributed by atoms with Crippen molar-refractivity contribution in [1.82, 2.24) is 24.2 Å². The largest absolute Gasteiger partial charge is 0.418 e. The summed E-state index contributed by atoms with van der Waals surface area (Å²) in [6, 6.07) is 9.15. The number of likely N-dealkylation sites (tertiary alicyclic amines) is 1. The molecular formula is C27H31F3N6O. The number of pyridine rings is 1. The first kappa shape index (κ1) is 24.1. The Labute approximate surface area is 213 Å². The summed E-state index contributed by atoms with van der Waals surface area (Å²) in [7, 11) is 1.98. The van der Waals surface area contributed by atoms with Crippen LogP contribution in [-0.2, 0) is 12.7 Å². The molecule has 0 amide bonds. The van der Waals surface area contributed by atoms with Crippen LogP contribution in [0.2, 0.25) is 0 Å². The van der Waals surface area contributed by atoms with Gasteiger partial charge in [0.05, 0.1) is 16.8 Å². The summed E-state index contributed by atoms with van der Waals surface area (Å²) in [6.07, 6.45) is 4.51. The first-order chi connectivity index (χ1) is 17.7. The SMILES string of the molecule is CC1CCN1Cc1cc(C(F)(F)F)c2cn(-c3cccc(C(C4CCC4)C4NN=CN4C)c3)c(=O)n2c1. The highest BCUT2D eigenvalue weighted by molar-refractivity contribution is 5.59. The minimum Gasteiger partial charge on any atom is -0.342 e. The maximum Gasteiger partial charge on any atom is 0.418 e. The van der Waals surface area contributed by atoms with Crippen molar-refractivity contribution in [2.24, 2.45) is 11.0 Å². The topological polar surface area (TPSA) is 57.3 Å². The summed E-state index contributed by atoms with van der Waals surface area (Å²) < 4.78 is 44.8. The lowest BCUT2D eigenvalue weighted by molar-refractivity contribution is -0.136. The van der Waals surface area contributed by atoms with Crippen LogP contribution in [0.4, 0.5) is 13.2 Å². The van der Waals surface area contributed by atoms with Gasteiger partial charge in [-0.3, -0.25) is 19.3 Å². The van der Waals surface area contributed by atoms with Crippen LogP contribution in [0, 0.1) is 5.92 Å². The van der Waals surface area contributed by atoms with Crippen LogP contribution in [0.5, 0.6) is 0 Å². The Morgan fingerprint density at radius 2 is 1.97 bits per heavy atom. The first-order valence-electron chi connectivity index (χ1n) is 12.9. The fraction of sp³-hybridized carbons (Fsp3) is 0.481. The van der Waals surface area contributed by atoms with Gasteiger partial charge in [-0.05, 0) is 61.4 Å². The molecule has 3 aromatic rings. The van der Waals surface area contributed by atoms with Crippen LogP contribution < -0.4 is 11.1 Å². The van der Waals surface area contributed by atoms with Crippen LogP contribution in [-0.4, -0.2) is 50.9 Å². The molecule has 7 nitrogen and oxygen atoms in total. The van der Waals surface area contributed by atoms with Crippen LogP contribution >= 0.6 is 0 Å². The van der Waals surface area contributed by atoms with Gasteiger partial charge in [-0.25, -0.2) is 4.79 Å². The molecule has 2 fully saturated rings. The van der Waals surface area contributed by atoms with E-state index in [-0.39, 0.29) is 17.6 Å². The average Bonchev–Trinajstić information content (AvgIpc) is 3.40. The highest BCUT2D eigenvalue weighted by Gasteiger charge is 2.38. The Morgan fingerprint density at radius 3 is 2.57 bits per heavy atom. The summed E-state index contributed by atoms with van der Waals surface area (Å²) in [6.45, 7) is 3.30. The maximum absolute atomic E-state index is 14.1. The highest BCUT2D eigenvalue weighted by atomic mass is 19.4. The normalized spacial score (nSPS) is 23.2. The van der Waals surface area contributed by atoms with Crippen molar-refractivity contribution in [2.75, 3.05) is 13.6 Å². The summed E-state index contributed by atoms with van der Waals surface area (Å²) in [5.74, 6) is 0.620. The van der Waals surface area contributed by atoms with Crippen LogP contribution in [0.1, 0.15) is 55.2 Å². The zero-order chi connectivity index (χ0) is 25.9. The van der Waals surface area contributed by atoms with E-state index in [9.17, 15) is 18.0 Å². The molecular weight excluding hydrogens is 481 g/mol. The molecule has 0 bridgehead atoms. The molecule has 2 aliphatic heterocycles. The molecule has 3 aliphatic rings. The van der Waals surface area contributed by atoms with Crippen molar-refractivity contribution in [3.8, 4) is 5.69 Å². The summed E-state index contributed by atoms with van der Waals surface area (Å²) in [4.78, 5) is 17.7. The molecule has 2 aromatic heterocycles. The fourth-order valence-corrected chi connectivity index (χ4v) is 5.87. The molecule has 4 heterocycles. The predicted molar refractivity (Wildman–Crippen MR) is 136 cm³/mol. The standard InChI is InChI=1S/C27H31F3N6O/c1-17-9-10-34(17)13-18-11-22(27(28,29)30)23-15-35(26(37)36(23)14-18)21-8-4-7-20(12-21)24(19-5-3-6-19)25-32-31-16-33(25)2/h4,7-8,11-12,14-17,19,24-25,32H,3,5-6,9-10,13H2,1-2H3. The van der Waals surface area contributed by atoms with Gasteiger partial charge in [0.1, 0.15) is 12.5 Å². The molecule has 1 N–H and O–H groups in total. The van der Waals surface area contributed by atoms with Crippen molar-refractivity contribution in [3.63, 3.8) is 0 Å². The molecule has 1 saturated carbocycles. The van der Waals surface area contributed by atoms with Crippen molar-refractivity contribution in [3.05, 3.63) is 69.9 Å². The van der Waals surface area contributed by atoms with Gasteiger partial charge < -0.3 is 4.90 Å². The number of alkyl halides is 3. The molecule has 0 spiro atoms. The number of hydrazone groups is 1. The quantitative estimate of drug-likeness (QED) is 0.532. The lowest BCUT2D eigenvalue weighted by atomic mass is 9.71. The second kappa shape index (κ2) is 8.93. The van der Waals surface area contributed by atoms with E-state index >= 15 is 0 Å². The zero-order valence-corrected chi connectivity index (χ0v) is 20.9. The second-order valence-corrected chi connectivity index (χ2v) is 10.7. The third-order valence-corrected chi connectivity index (χ3v) is 8.39. The van der Waals surface area contributed by atoms with Crippen LogP contribution in [0.25, 0.3) is 11.2 Å². The molecule has 10 heteroatoms. The predicted octanol–water partition coefficient (Wildman–Crippen LogP) is 4.39. The van der Waals surface area contributed by atoms with Crippen LogP contribution in [0.3, 0.4) is 0 Å². The van der Waals surface area contributed by atoms with Gasteiger partial charge in [-0.1, -0.05) is 18.6 Å². The van der Waals surface area contributed by atoms with Gasteiger partial charge in [-0.15, -0.1) is 0 Å². The number of hydrogen-bond acceptors (Lipinski definition) is 5. The molecule has 1 aromatic carbocycles. The summed E-state index contributed by atoms with van der Waals surface area (Å²) in [5.41, 5.74) is 3.86. The number of rotatable bonds is 6. The molecule has 1 saturated heterocycles. The number of benzene rings is 1. The monoisotopic (exact) mass is 512 g/mol. The third kappa shape index (κ3) is 4.21. The van der Waals surface area contributed by atoms with Crippen molar-refractivity contribution < 1.29 is 13.2 Å². The van der Waals surface area contributed by atoms with E-state index in [1.165, 1.54) is 23.3 Å². The van der Waals surface area contributed by atoms with Gasteiger partial charge in [0, 0.05) is 44.5 Å². The smallest absolute Gasteiger partial charge is 0.342 e. The van der Waals surface area contributed by atoms with E-state index in [4.69, 9.17) is 0 Å². The second-order valence-electron chi connectivity index (χ2n) is 10.7. The van der Waals surface area contributed by atoms with Gasteiger partial charge in [-0.2, -0.15) is 18.3 Å². The van der Waals surface area contributed by atoms with Gasteiger partial charge in [0.2, 0.25) is 0 Å². The minimum absolute atomic E-state index is 0.00586. The molecule has 3 atom stereocenters. The van der Waals surface area contributed by atoms with Crippen molar-refractivity contribution in [2.45, 2.75) is 63.5 Å². The number of aromatic nitrogens is 2. The number of likely N-dealkylation sites (N-methyl/N-ethyl adjacent to an activating group) is 1. The lowest BCUT2D eigenvalue weighted by Gasteiger charge is -2.39. The van der Waals surface area contributed by atoms with Crippen LogP contribution in [0.15, 0.2) is 52.6 Å². The fourth-order valence-electron chi connectivity index (χ4n) is 5.87. The van der Waals surface area contributed by atoms with Gasteiger partial charge >= 0.3 is 11.9 Å². The van der Waals surface area contributed by atoms with E-state index < -0.39 is 17.4 Å². The van der Waals surface area contributed by atoms with E-state index in [0.717, 1.165) is 35.8 Å². The van der Waals surface area contributed by atoms with Gasteiger partial charge in [0.15, 0.2) is 0 Å². The Hall–Kier alpha value is -3.27. The molecule has 3 unspecified atom stereocenters. The average molecular weight is 513 g/mol. The number of fused-ring (bicyclic) bond motifs is 1. The number of halogens is 3. The van der Waals surface area contributed by atoms with E-state index in [1.54, 1.807) is 18.6 Å². The number of imidazole rings is 1.